The van der Waals surface area contributed by atoms with Gasteiger partial charge in [-0.1, -0.05) is 72.8 Å². The average Bonchev–Trinajstić information content (AvgIpc) is 2.28. The van der Waals surface area contributed by atoms with Crippen LogP contribution in [0.2, 0.25) is 0 Å². The molecule has 0 unspecified atom stereocenters. The van der Waals surface area contributed by atoms with Crippen LogP contribution in [-0.4, -0.2) is 151 Å². The van der Waals surface area contributed by atoms with Gasteiger partial charge in [-0.3, -0.25) is 39.2 Å². The van der Waals surface area contributed by atoms with Gasteiger partial charge >= 0.3 is 55.0 Å². The molecule has 118 heavy (non-hydrogen) atoms. The third-order valence-corrected chi connectivity index (χ3v) is 20.2. The van der Waals surface area contributed by atoms with Crippen LogP contribution >= 0.6 is 115 Å². The van der Waals surface area contributed by atoms with Gasteiger partial charge in [-0.2, -0.15) is 0 Å². The van der Waals surface area contributed by atoms with Crippen molar-refractivity contribution >= 4 is 217 Å². The number of fused-ring (bicyclic) bond motifs is 2. The van der Waals surface area contributed by atoms with Gasteiger partial charge in [0.25, 0.3) is 0 Å². The van der Waals surface area contributed by atoms with Gasteiger partial charge in [0.05, 0.1) is 60.8 Å². The number of carbonyl (C=O) groups is 8. The van der Waals surface area contributed by atoms with Gasteiger partial charge in [0, 0.05) is 142 Å². The van der Waals surface area contributed by atoms with E-state index in [1.165, 1.54) is 67.7 Å². The predicted molar refractivity (Wildman–Crippen MR) is 455 cm³/mol. The lowest BCUT2D eigenvalue weighted by Gasteiger charge is -2.18. The number of aromatic nitrogens is 6. The van der Waals surface area contributed by atoms with Gasteiger partial charge in [0.15, 0.2) is 23.1 Å². The number of halogens is 10. The van der Waals surface area contributed by atoms with Gasteiger partial charge in [0.2, 0.25) is 0 Å². The Balaban J connectivity index is 0.000000149. The molecule has 4 fully saturated rings. The van der Waals surface area contributed by atoms with Crippen molar-refractivity contribution in [3.8, 4) is 44.1 Å². The summed E-state index contributed by atoms with van der Waals surface area (Å²) < 4.78 is 49.9. The SMILES string of the molecule is CCn1cnc(-c2cc3nccc(Oc4ccc(N)cc4F)c3s2)c1.CCn1cnc(-c2cc3nccc(Oc4ccc(NC(=O)N5CCN(c6ccccc6)C5=O)cc4F)c3s2)c1.O=C(Cl)N1CCN(c2ccccc2)C1=O.O=C(Cl)N1CCN(c2ccccc2)C1=O.O=C(OC(Cl)(Cl)Cl)OC(Cl)(Cl)Cl.O=C1NCCN1c1ccccc1. The number of imidazole rings is 2. The van der Waals surface area contributed by atoms with Gasteiger partial charge in [-0.25, -0.2) is 62.2 Å². The lowest BCUT2D eigenvalue weighted by molar-refractivity contribution is 0.0508. The summed E-state index contributed by atoms with van der Waals surface area (Å²) in [6.45, 7) is 9.56. The van der Waals surface area contributed by atoms with Crippen LogP contribution < -0.4 is 45.4 Å². The molecule has 0 radical (unpaired) electrons. The van der Waals surface area contributed by atoms with Crippen LogP contribution in [0.3, 0.4) is 0 Å². The number of hydrogen-bond acceptors (Lipinski definition) is 19. The van der Waals surface area contributed by atoms with E-state index in [1.807, 2.05) is 150 Å². The summed E-state index contributed by atoms with van der Waals surface area (Å²) in [4.78, 5) is 121. The van der Waals surface area contributed by atoms with E-state index in [0.29, 0.717) is 55.6 Å². The minimum atomic E-state index is -2.24. The third-order valence-electron chi connectivity index (χ3n) is 17.1. The van der Waals surface area contributed by atoms with Crippen molar-refractivity contribution in [2.45, 2.75) is 34.9 Å². The number of nitrogens with two attached hydrogens (primary N) is 1. The first-order valence-corrected chi connectivity index (χ1v) is 40.0. The molecule has 28 nitrogen and oxygen atoms in total. The molecular formula is C78H66Cl8F2N16O12S2. The van der Waals surface area contributed by atoms with E-state index in [9.17, 15) is 42.7 Å². The lowest BCUT2D eigenvalue weighted by Crippen LogP contribution is -2.39. The first kappa shape index (κ1) is 87.5. The number of hydrogen-bond donors (Lipinski definition) is 3. The molecule has 0 aliphatic carbocycles. The number of amides is 12. The Kier molecular flexibility index (Phi) is 29.8. The number of anilines is 6. The molecule has 16 rings (SSSR count). The molecule has 6 aromatic heterocycles. The Morgan fingerprint density at radius 2 is 0.873 bits per heavy atom. The van der Waals surface area contributed by atoms with Crippen molar-refractivity contribution in [1.82, 2.24) is 49.1 Å². The number of benzene rings is 6. The smallest absolute Gasteiger partial charge is 0.453 e. The molecule has 10 heterocycles. The summed E-state index contributed by atoms with van der Waals surface area (Å²) in [5.74, 6) is -0.00573. The number of urea groups is 5. The molecule has 6 aromatic carbocycles. The second kappa shape index (κ2) is 40.2. The Hall–Kier alpha value is -11.3. The normalized spacial score (nSPS) is 13.7. The highest BCUT2D eigenvalue weighted by Gasteiger charge is 2.37. The summed E-state index contributed by atoms with van der Waals surface area (Å²) in [5.41, 5.74) is 12.6. The maximum Gasteiger partial charge on any atom is 0.515 e. The molecule has 12 amide bonds. The lowest BCUT2D eigenvalue weighted by atomic mass is 10.3. The Morgan fingerprint density at radius 3 is 1.23 bits per heavy atom. The molecule has 0 bridgehead atoms. The highest BCUT2D eigenvalue weighted by atomic mass is 35.6. The zero-order valence-corrected chi connectivity index (χ0v) is 69.4. The van der Waals surface area contributed by atoms with Gasteiger partial charge < -0.3 is 44.4 Å². The summed E-state index contributed by atoms with van der Waals surface area (Å²) in [7, 11) is 0. The van der Waals surface area contributed by atoms with Crippen molar-refractivity contribution in [2.75, 3.05) is 83.0 Å². The van der Waals surface area contributed by atoms with Crippen molar-refractivity contribution in [3.63, 3.8) is 0 Å². The highest BCUT2D eigenvalue weighted by Crippen LogP contribution is 2.42. The maximum absolute atomic E-state index is 15.0. The quantitative estimate of drug-likeness (QED) is 0.0317. The fourth-order valence-electron chi connectivity index (χ4n) is 11.5. The first-order valence-electron chi connectivity index (χ1n) is 35.3. The summed E-state index contributed by atoms with van der Waals surface area (Å²) >= 11 is 43.7. The molecule has 4 N–H and O–H groups in total. The van der Waals surface area contributed by atoms with E-state index in [4.69, 9.17) is 108 Å². The molecule has 4 saturated heterocycles. The van der Waals surface area contributed by atoms with Crippen LogP contribution in [0.25, 0.3) is 41.6 Å². The highest BCUT2D eigenvalue weighted by molar-refractivity contribution is 7.23. The number of ether oxygens (including phenoxy) is 4. The van der Waals surface area contributed by atoms with E-state index >= 15 is 4.39 Å². The first-order chi connectivity index (χ1) is 56.5. The van der Waals surface area contributed by atoms with E-state index in [1.54, 1.807) is 60.3 Å². The van der Waals surface area contributed by atoms with E-state index in [0.717, 1.165) is 99.5 Å². The number of rotatable bonds is 13. The van der Waals surface area contributed by atoms with Crippen LogP contribution in [0.15, 0.2) is 219 Å². The molecule has 0 saturated carbocycles. The number of thiophene rings is 2. The number of carbonyl (C=O) groups excluding carboxylic acids is 8. The summed E-state index contributed by atoms with van der Waals surface area (Å²) in [6.07, 6.45) is 9.38. The summed E-state index contributed by atoms with van der Waals surface area (Å²) in [5, 5.41) is 3.91. The van der Waals surface area contributed by atoms with Gasteiger partial charge in [0.1, 0.15) is 11.5 Å². The molecule has 612 valence electrons. The number of aryl methyl sites for hydroxylation is 2. The van der Waals surface area contributed by atoms with Gasteiger partial charge in [-0.15, -0.1) is 22.7 Å². The summed E-state index contributed by atoms with van der Waals surface area (Å²) in [6, 6.07) is 51.2. The van der Waals surface area contributed by atoms with Crippen LogP contribution in [0.1, 0.15) is 13.8 Å². The van der Waals surface area contributed by atoms with Crippen molar-refractivity contribution < 1.29 is 66.1 Å². The van der Waals surface area contributed by atoms with Crippen LogP contribution in [0, 0.1) is 11.6 Å². The predicted octanol–water partition coefficient (Wildman–Crippen LogP) is 20.9. The second-order valence-electron chi connectivity index (χ2n) is 24.8. The molecule has 4 aliphatic heterocycles. The van der Waals surface area contributed by atoms with Crippen LogP contribution in [0.5, 0.6) is 23.0 Å². The Morgan fingerprint density at radius 1 is 0.483 bits per heavy atom. The van der Waals surface area contributed by atoms with Crippen LogP contribution in [-0.2, 0) is 22.6 Å². The number of alkyl halides is 6. The van der Waals surface area contributed by atoms with Crippen molar-refractivity contribution in [2.24, 2.45) is 0 Å². The third kappa shape index (κ3) is 23.3. The molecule has 0 spiro atoms. The Labute approximate surface area is 720 Å². The average molecular weight is 1810 g/mol. The second-order valence-corrected chi connectivity index (χ2v) is 31.9. The molecule has 12 aromatic rings. The Bertz CT molecular complexity index is 5470. The molecule has 4 aliphatic rings. The van der Waals surface area contributed by atoms with E-state index < -0.39 is 48.5 Å². The number of pyridine rings is 2. The topological polar surface area (TPSA) is 308 Å². The largest absolute Gasteiger partial charge is 0.515 e. The number of imide groups is 3. The minimum Gasteiger partial charge on any atom is -0.453 e. The number of nitrogens with one attached hydrogen (secondary N) is 2. The van der Waals surface area contributed by atoms with Crippen molar-refractivity contribution in [1.29, 1.82) is 0 Å². The zero-order valence-electron chi connectivity index (χ0n) is 61.7. The minimum absolute atomic E-state index is 0.00111. The molecule has 0 atom stereocenters. The zero-order chi connectivity index (χ0) is 84.4. The fourth-order valence-corrected chi connectivity index (χ4v) is 14.2. The van der Waals surface area contributed by atoms with Crippen LogP contribution in [0.4, 0.5) is 81.3 Å². The number of nitrogens with zero attached hydrogens (tertiary/aromatic N) is 13. The van der Waals surface area contributed by atoms with E-state index in [-0.39, 0.29) is 41.8 Å². The fraction of sp³-hybridized carbons (Fsp3) is 0.179. The van der Waals surface area contributed by atoms with Crippen molar-refractivity contribution in [3.05, 3.63) is 231 Å². The maximum atomic E-state index is 15.0. The molecular weight excluding hydrogens is 1740 g/mol. The van der Waals surface area contributed by atoms with Gasteiger partial charge in [-0.05, 0) is 192 Å². The number of para-hydroxylation sites is 4. The monoisotopic (exact) mass is 1800 g/mol. The van der Waals surface area contributed by atoms with E-state index in [2.05, 4.69) is 47.0 Å². The standard InChI is InChI=1S/C28H23FN6O3S.C18H15FN4OS.2C10H9ClN2O2.C9H10N2O.C3Cl6O3/c1-2-33-16-22(31-17-33)25-15-21-26(39-25)24(10-11-30-21)38-23-9-8-18(14-20(23)29)32-27(36)35-13-12-34(28(35)37)19-6-4-3-5-7-19;1-2-23-9-14(22-10-23)17-8-13-18(25-17)16(5-6-21-13)24-15-4-3-11(20)7-12(15)19;2*11-9(14)13-7-6-12(10(13)15)8-4-2-1-3-5-8;12-9-10-6-7-11(9)8-4-2-1-3-5-8;4-2(5,6)11-1(10)12-3(7,8)9/h3-11,14-17H,2,12-13H2,1H3,(H,32,36);3-10H,2,20H2,1H3;2*1-5H,6-7H2;1-5H,6-7H2,(H,10,12);. The number of nitrogen functional groups attached to an aromatic ring is 1. The molecule has 40 heteroatoms.